The Balaban J connectivity index is 1.59. The summed E-state index contributed by atoms with van der Waals surface area (Å²) in [7, 11) is -2.47. The first-order valence-corrected chi connectivity index (χ1v) is 14.7. The SMILES string of the molecule is COc1ccc(S(=O)(=O)NC(c2ccccc2)c2cc3cccc(-c4cc(C(C)(O)C(F)(F)F)ccn4)c3s2)cc1. The fraction of sp³-hybridized carbons (Fsp3) is 0.167. The summed E-state index contributed by atoms with van der Waals surface area (Å²) >= 11 is 1.31. The summed E-state index contributed by atoms with van der Waals surface area (Å²) in [4.78, 5) is 5.03. The van der Waals surface area contributed by atoms with Crippen molar-refractivity contribution in [3.05, 3.63) is 113 Å². The molecule has 6 nitrogen and oxygen atoms in total. The average Bonchev–Trinajstić information content (AvgIpc) is 3.40. The first kappa shape index (κ1) is 28.7. The molecule has 0 saturated heterocycles. The monoisotopic (exact) mass is 598 g/mol. The number of alkyl halides is 3. The van der Waals surface area contributed by atoms with Crippen LogP contribution in [0.2, 0.25) is 0 Å². The molecule has 2 N–H and O–H groups in total. The lowest BCUT2D eigenvalue weighted by Gasteiger charge is -2.26. The summed E-state index contributed by atoms with van der Waals surface area (Å²) in [6, 6.07) is 23.9. The van der Waals surface area contributed by atoms with Gasteiger partial charge in [0.15, 0.2) is 5.60 Å². The normalized spacial score (nSPS) is 14.5. The van der Waals surface area contributed by atoms with Crippen molar-refractivity contribution in [2.75, 3.05) is 7.11 Å². The van der Waals surface area contributed by atoms with Gasteiger partial charge < -0.3 is 9.84 Å². The Morgan fingerprint density at radius 2 is 1.66 bits per heavy atom. The van der Waals surface area contributed by atoms with Crippen LogP contribution in [0.5, 0.6) is 5.75 Å². The quantitative estimate of drug-likeness (QED) is 0.205. The van der Waals surface area contributed by atoms with E-state index in [1.807, 2.05) is 42.5 Å². The molecule has 2 unspecified atom stereocenters. The fourth-order valence-electron chi connectivity index (χ4n) is 4.39. The molecule has 0 amide bonds. The Kier molecular flexibility index (Phi) is 7.64. The molecule has 0 spiro atoms. The maximum atomic E-state index is 13.5. The maximum Gasteiger partial charge on any atom is 0.421 e. The van der Waals surface area contributed by atoms with E-state index in [-0.39, 0.29) is 16.2 Å². The number of aromatic nitrogens is 1. The lowest BCUT2D eigenvalue weighted by Crippen LogP contribution is -2.39. The van der Waals surface area contributed by atoms with E-state index in [4.69, 9.17) is 4.74 Å². The predicted octanol–water partition coefficient (Wildman–Crippen LogP) is 6.81. The van der Waals surface area contributed by atoms with Gasteiger partial charge in [0.05, 0.1) is 23.7 Å². The highest BCUT2D eigenvalue weighted by Crippen LogP contribution is 2.42. The minimum absolute atomic E-state index is 0.0683. The van der Waals surface area contributed by atoms with Gasteiger partial charge >= 0.3 is 6.18 Å². The van der Waals surface area contributed by atoms with Gasteiger partial charge in [0, 0.05) is 21.3 Å². The second-order valence-electron chi connectivity index (χ2n) is 9.51. The number of thiophene rings is 1. The van der Waals surface area contributed by atoms with E-state index < -0.39 is 27.8 Å². The Morgan fingerprint density at radius 3 is 2.32 bits per heavy atom. The number of aliphatic hydroxyl groups is 1. The number of ether oxygens (including phenoxy) is 1. The molecule has 2 heterocycles. The van der Waals surface area contributed by atoms with Crippen molar-refractivity contribution in [1.29, 1.82) is 0 Å². The first-order chi connectivity index (χ1) is 19.4. The van der Waals surface area contributed by atoms with Crippen LogP contribution in [-0.2, 0) is 15.6 Å². The van der Waals surface area contributed by atoms with Gasteiger partial charge in [-0.05, 0) is 65.9 Å². The third kappa shape index (κ3) is 5.71. The van der Waals surface area contributed by atoms with Gasteiger partial charge in [0.2, 0.25) is 10.0 Å². The molecule has 0 fully saturated rings. The molecule has 11 heteroatoms. The molecule has 212 valence electrons. The van der Waals surface area contributed by atoms with Crippen LogP contribution in [0.4, 0.5) is 13.2 Å². The van der Waals surface area contributed by atoms with Gasteiger partial charge in [-0.25, -0.2) is 8.42 Å². The second-order valence-corrected chi connectivity index (χ2v) is 12.3. The standard InChI is InChI=1S/C30H25F3N2O4S2/c1-29(36,30(31,32)33)21-15-16-34-25(18-21)24-10-6-9-20-17-26(40-28(20)24)27(19-7-4-3-5-8-19)35-41(37,38)23-13-11-22(39-2)12-14-23/h3-18,27,35-36H,1-2H3. The van der Waals surface area contributed by atoms with Crippen molar-refractivity contribution in [3.63, 3.8) is 0 Å². The third-order valence-corrected chi connectivity index (χ3v) is 9.46. The highest BCUT2D eigenvalue weighted by molar-refractivity contribution is 7.89. The van der Waals surface area contributed by atoms with E-state index >= 15 is 0 Å². The topological polar surface area (TPSA) is 88.5 Å². The van der Waals surface area contributed by atoms with Crippen molar-refractivity contribution >= 4 is 31.4 Å². The Labute approximate surface area is 239 Å². The molecule has 41 heavy (non-hydrogen) atoms. The van der Waals surface area contributed by atoms with E-state index in [0.29, 0.717) is 33.4 Å². The van der Waals surface area contributed by atoms with Crippen LogP contribution in [0, 0.1) is 0 Å². The van der Waals surface area contributed by atoms with Gasteiger partial charge in [0.1, 0.15) is 5.75 Å². The van der Waals surface area contributed by atoms with Gasteiger partial charge in [-0.2, -0.15) is 17.9 Å². The van der Waals surface area contributed by atoms with E-state index in [0.717, 1.165) is 11.5 Å². The van der Waals surface area contributed by atoms with Crippen LogP contribution in [-0.4, -0.2) is 31.8 Å². The Bertz CT molecular complexity index is 1790. The summed E-state index contributed by atoms with van der Waals surface area (Å²) in [5, 5.41) is 11.0. The van der Waals surface area contributed by atoms with Crippen molar-refractivity contribution < 1.29 is 31.4 Å². The number of nitrogens with one attached hydrogen (secondary N) is 1. The third-order valence-electron chi connectivity index (χ3n) is 6.77. The zero-order chi connectivity index (χ0) is 29.4. The zero-order valence-electron chi connectivity index (χ0n) is 21.9. The summed E-state index contributed by atoms with van der Waals surface area (Å²) in [5.41, 5.74) is -1.88. The van der Waals surface area contributed by atoms with Crippen molar-refractivity contribution in [2.45, 2.75) is 29.6 Å². The lowest BCUT2D eigenvalue weighted by molar-refractivity contribution is -0.258. The molecule has 0 aliphatic carbocycles. The number of halogens is 3. The van der Waals surface area contributed by atoms with Gasteiger partial charge in [0.25, 0.3) is 0 Å². The number of nitrogens with zero attached hydrogens (tertiary/aromatic N) is 1. The summed E-state index contributed by atoms with van der Waals surface area (Å²) in [6.45, 7) is 0.704. The van der Waals surface area contributed by atoms with Crippen molar-refractivity contribution in [2.24, 2.45) is 0 Å². The van der Waals surface area contributed by atoms with Crippen LogP contribution in [0.1, 0.15) is 29.0 Å². The van der Waals surface area contributed by atoms with Crippen LogP contribution in [0.3, 0.4) is 0 Å². The molecule has 0 aliphatic heterocycles. The number of pyridine rings is 1. The highest BCUT2D eigenvalue weighted by atomic mass is 32.2. The van der Waals surface area contributed by atoms with Crippen LogP contribution >= 0.6 is 11.3 Å². The summed E-state index contributed by atoms with van der Waals surface area (Å²) in [5.74, 6) is 0.523. The number of sulfonamides is 1. The van der Waals surface area contributed by atoms with E-state index in [9.17, 15) is 26.7 Å². The van der Waals surface area contributed by atoms with Crippen LogP contribution < -0.4 is 9.46 Å². The molecule has 3 aromatic carbocycles. The number of hydrogen-bond acceptors (Lipinski definition) is 6. The molecule has 0 bridgehead atoms. The number of rotatable bonds is 8. The smallest absolute Gasteiger partial charge is 0.421 e. The minimum Gasteiger partial charge on any atom is -0.497 e. The molecule has 2 atom stereocenters. The molecular formula is C30H25F3N2O4S2. The lowest BCUT2D eigenvalue weighted by atomic mass is 9.94. The van der Waals surface area contributed by atoms with E-state index in [2.05, 4.69) is 9.71 Å². The second kappa shape index (κ2) is 10.9. The highest BCUT2D eigenvalue weighted by Gasteiger charge is 2.51. The van der Waals surface area contributed by atoms with Gasteiger partial charge in [-0.3, -0.25) is 4.98 Å². The number of fused-ring (bicyclic) bond motifs is 1. The molecule has 0 aliphatic rings. The van der Waals surface area contributed by atoms with Crippen molar-refractivity contribution in [3.8, 4) is 17.0 Å². The first-order valence-electron chi connectivity index (χ1n) is 12.4. The van der Waals surface area contributed by atoms with Crippen LogP contribution in [0.25, 0.3) is 21.3 Å². The number of methoxy groups -OCH3 is 1. The maximum absolute atomic E-state index is 13.5. The molecule has 5 aromatic rings. The van der Waals surface area contributed by atoms with Gasteiger partial charge in [-0.1, -0.05) is 48.5 Å². The molecule has 2 aromatic heterocycles. The summed E-state index contributed by atoms with van der Waals surface area (Å²) < 4.78 is 76.1. The Morgan fingerprint density at radius 1 is 0.951 bits per heavy atom. The van der Waals surface area contributed by atoms with E-state index in [1.165, 1.54) is 42.8 Å². The minimum atomic E-state index is -4.88. The Hall–Kier alpha value is -3.77. The van der Waals surface area contributed by atoms with Crippen molar-refractivity contribution in [1.82, 2.24) is 9.71 Å². The largest absolute Gasteiger partial charge is 0.497 e. The molecule has 5 rings (SSSR count). The van der Waals surface area contributed by atoms with E-state index in [1.54, 1.807) is 24.3 Å². The van der Waals surface area contributed by atoms with Crippen LogP contribution in [0.15, 0.2) is 102 Å². The zero-order valence-corrected chi connectivity index (χ0v) is 23.5. The molecule has 0 saturated carbocycles. The molecular weight excluding hydrogens is 573 g/mol. The molecule has 0 radical (unpaired) electrons. The number of benzene rings is 3. The average molecular weight is 599 g/mol. The summed E-state index contributed by atoms with van der Waals surface area (Å²) in [6.07, 6.45) is -3.65. The van der Waals surface area contributed by atoms with Gasteiger partial charge in [-0.15, -0.1) is 11.3 Å². The predicted molar refractivity (Wildman–Crippen MR) is 152 cm³/mol. The fourth-order valence-corrected chi connectivity index (χ4v) is 6.93. The number of hydrogen-bond donors (Lipinski definition) is 2.